The third-order valence-electron chi connectivity index (χ3n) is 3.62. The summed E-state index contributed by atoms with van der Waals surface area (Å²) in [6.07, 6.45) is 3.75. The second kappa shape index (κ2) is 4.48. The number of anilines is 1. The Morgan fingerprint density at radius 1 is 1.44 bits per heavy atom. The van der Waals surface area contributed by atoms with Crippen LogP contribution in [-0.4, -0.2) is 28.6 Å². The highest BCUT2D eigenvalue weighted by molar-refractivity contribution is 7.18. The zero-order valence-electron chi connectivity index (χ0n) is 10.8. The van der Waals surface area contributed by atoms with Crippen molar-refractivity contribution >= 4 is 27.4 Å². The molecule has 1 aliphatic heterocycles. The highest BCUT2D eigenvalue weighted by atomic mass is 32.1. The lowest BCUT2D eigenvalue weighted by Crippen LogP contribution is -2.46. The van der Waals surface area contributed by atoms with Crippen molar-refractivity contribution in [1.82, 2.24) is 9.97 Å². The van der Waals surface area contributed by atoms with E-state index in [0.29, 0.717) is 12.1 Å². The molecular weight excluding hydrogens is 244 g/mol. The summed E-state index contributed by atoms with van der Waals surface area (Å²) >= 11 is 1.73. The van der Waals surface area contributed by atoms with E-state index in [1.54, 1.807) is 17.7 Å². The van der Waals surface area contributed by atoms with Crippen LogP contribution in [0.15, 0.2) is 12.4 Å². The molecular formula is C13H18N4S. The van der Waals surface area contributed by atoms with Crippen molar-refractivity contribution in [3.05, 3.63) is 17.3 Å². The lowest BCUT2D eigenvalue weighted by Gasteiger charge is -2.37. The van der Waals surface area contributed by atoms with Gasteiger partial charge in [-0.2, -0.15) is 0 Å². The molecule has 0 aliphatic carbocycles. The second-order valence-corrected chi connectivity index (χ2v) is 6.33. The summed E-state index contributed by atoms with van der Waals surface area (Å²) in [5.41, 5.74) is 6.02. The van der Waals surface area contributed by atoms with Gasteiger partial charge in [0.1, 0.15) is 17.0 Å². The number of thiophene rings is 1. The number of fused-ring (bicyclic) bond motifs is 1. The SMILES string of the molecule is Cc1cc2c(N3CCC(N)CC3C)ncnc2s1. The quantitative estimate of drug-likeness (QED) is 0.857. The minimum atomic E-state index is 0.331. The van der Waals surface area contributed by atoms with Crippen LogP contribution in [0.1, 0.15) is 24.6 Å². The summed E-state index contributed by atoms with van der Waals surface area (Å²) in [4.78, 5) is 13.6. The van der Waals surface area contributed by atoms with Gasteiger partial charge in [0.2, 0.25) is 0 Å². The Morgan fingerprint density at radius 3 is 3.06 bits per heavy atom. The van der Waals surface area contributed by atoms with E-state index >= 15 is 0 Å². The van der Waals surface area contributed by atoms with Gasteiger partial charge < -0.3 is 10.6 Å². The molecule has 0 bridgehead atoms. The zero-order valence-corrected chi connectivity index (χ0v) is 11.6. The molecule has 0 spiro atoms. The third kappa shape index (κ3) is 1.97. The van der Waals surface area contributed by atoms with Crippen LogP contribution in [-0.2, 0) is 0 Å². The van der Waals surface area contributed by atoms with Crippen LogP contribution >= 0.6 is 11.3 Å². The summed E-state index contributed by atoms with van der Waals surface area (Å²) in [5, 5.41) is 1.18. The van der Waals surface area contributed by atoms with Crippen LogP contribution in [0, 0.1) is 6.92 Å². The van der Waals surface area contributed by atoms with Crippen molar-refractivity contribution in [3.8, 4) is 0 Å². The fraction of sp³-hybridized carbons (Fsp3) is 0.538. The van der Waals surface area contributed by atoms with E-state index in [1.165, 1.54) is 10.3 Å². The monoisotopic (exact) mass is 262 g/mol. The Kier molecular flexibility index (Phi) is 2.95. The van der Waals surface area contributed by atoms with Gasteiger partial charge in [0.25, 0.3) is 0 Å². The molecule has 0 saturated carbocycles. The van der Waals surface area contributed by atoms with Crippen molar-refractivity contribution in [1.29, 1.82) is 0 Å². The number of rotatable bonds is 1. The Bertz CT molecular complexity index is 565. The molecule has 1 fully saturated rings. The van der Waals surface area contributed by atoms with E-state index in [4.69, 9.17) is 5.73 Å². The summed E-state index contributed by atoms with van der Waals surface area (Å²) in [6.45, 7) is 5.33. The van der Waals surface area contributed by atoms with E-state index in [2.05, 4.69) is 34.8 Å². The molecule has 2 unspecified atom stereocenters. The first-order valence-electron chi connectivity index (χ1n) is 6.38. The molecule has 5 heteroatoms. The molecule has 18 heavy (non-hydrogen) atoms. The molecule has 2 aromatic rings. The average Bonchev–Trinajstić information content (AvgIpc) is 2.69. The minimum Gasteiger partial charge on any atom is -0.353 e. The molecule has 2 atom stereocenters. The van der Waals surface area contributed by atoms with Gasteiger partial charge >= 0.3 is 0 Å². The summed E-state index contributed by atoms with van der Waals surface area (Å²) in [6, 6.07) is 2.97. The number of nitrogens with two attached hydrogens (primary N) is 1. The largest absolute Gasteiger partial charge is 0.353 e. The number of aromatic nitrogens is 2. The van der Waals surface area contributed by atoms with Crippen molar-refractivity contribution in [3.63, 3.8) is 0 Å². The molecule has 3 rings (SSSR count). The van der Waals surface area contributed by atoms with Gasteiger partial charge in [-0.05, 0) is 32.8 Å². The highest BCUT2D eigenvalue weighted by Crippen LogP contribution is 2.32. The summed E-state index contributed by atoms with van der Waals surface area (Å²) < 4.78 is 0. The third-order valence-corrected chi connectivity index (χ3v) is 4.58. The normalized spacial score (nSPS) is 24.7. The van der Waals surface area contributed by atoms with Crippen LogP contribution in [0.4, 0.5) is 5.82 Å². The molecule has 0 amide bonds. The minimum absolute atomic E-state index is 0.331. The van der Waals surface area contributed by atoms with Gasteiger partial charge in [-0.15, -0.1) is 11.3 Å². The predicted octanol–water partition coefficient (Wildman–Crippen LogP) is 2.32. The van der Waals surface area contributed by atoms with Crippen molar-refractivity contribution in [2.75, 3.05) is 11.4 Å². The molecule has 4 nitrogen and oxygen atoms in total. The van der Waals surface area contributed by atoms with E-state index in [1.807, 2.05) is 0 Å². The lowest BCUT2D eigenvalue weighted by molar-refractivity contribution is 0.428. The highest BCUT2D eigenvalue weighted by Gasteiger charge is 2.25. The maximum absolute atomic E-state index is 6.02. The van der Waals surface area contributed by atoms with E-state index in [-0.39, 0.29) is 0 Å². The summed E-state index contributed by atoms with van der Waals surface area (Å²) in [7, 11) is 0. The second-order valence-electron chi connectivity index (χ2n) is 5.10. The maximum atomic E-state index is 6.02. The molecule has 2 N–H and O–H groups in total. The van der Waals surface area contributed by atoms with Gasteiger partial charge in [-0.3, -0.25) is 0 Å². The van der Waals surface area contributed by atoms with E-state index in [0.717, 1.165) is 30.0 Å². The van der Waals surface area contributed by atoms with Gasteiger partial charge in [0, 0.05) is 23.5 Å². The standard InChI is InChI=1S/C13H18N4S/c1-8-5-10(14)3-4-17(8)12-11-6-9(2)18-13(11)16-7-15-12/h6-8,10H,3-5,14H2,1-2H3. The number of aryl methyl sites for hydroxylation is 1. The fourth-order valence-electron chi connectivity index (χ4n) is 2.72. The maximum Gasteiger partial charge on any atom is 0.141 e. The van der Waals surface area contributed by atoms with Crippen LogP contribution < -0.4 is 10.6 Å². The van der Waals surface area contributed by atoms with Crippen molar-refractivity contribution < 1.29 is 0 Å². The number of hydrogen-bond donors (Lipinski definition) is 1. The Balaban J connectivity index is 2.03. The zero-order chi connectivity index (χ0) is 12.7. The first kappa shape index (κ1) is 11.9. The smallest absolute Gasteiger partial charge is 0.141 e. The number of piperidine rings is 1. The Morgan fingerprint density at radius 2 is 2.28 bits per heavy atom. The summed E-state index contributed by atoms with van der Waals surface area (Å²) in [5.74, 6) is 1.07. The van der Waals surface area contributed by atoms with Crippen LogP contribution in [0.2, 0.25) is 0 Å². The van der Waals surface area contributed by atoms with Gasteiger partial charge in [-0.25, -0.2) is 9.97 Å². The molecule has 3 heterocycles. The lowest BCUT2D eigenvalue weighted by atomic mass is 9.99. The number of nitrogens with zero attached hydrogens (tertiary/aromatic N) is 3. The first-order chi connectivity index (χ1) is 8.65. The molecule has 96 valence electrons. The topological polar surface area (TPSA) is 55.0 Å². The van der Waals surface area contributed by atoms with Crippen molar-refractivity contribution in [2.45, 2.75) is 38.8 Å². The van der Waals surface area contributed by atoms with E-state index < -0.39 is 0 Å². The van der Waals surface area contributed by atoms with Crippen LogP contribution in [0.5, 0.6) is 0 Å². The van der Waals surface area contributed by atoms with Crippen molar-refractivity contribution in [2.24, 2.45) is 5.73 Å². The van der Waals surface area contributed by atoms with Gasteiger partial charge in [0.05, 0.1) is 5.39 Å². The van der Waals surface area contributed by atoms with Crippen LogP contribution in [0.25, 0.3) is 10.2 Å². The molecule has 2 aromatic heterocycles. The van der Waals surface area contributed by atoms with Gasteiger partial charge in [0.15, 0.2) is 0 Å². The molecule has 1 saturated heterocycles. The Labute approximate surface area is 111 Å². The Hall–Kier alpha value is -1.20. The van der Waals surface area contributed by atoms with Gasteiger partial charge in [-0.1, -0.05) is 0 Å². The van der Waals surface area contributed by atoms with Crippen LogP contribution in [0.3, 0.4) is 0 Å². The van der Waals surface area contributed by atoms with E-state index in [9.17, 15) is 0 Å². The average molecular weight is 262 g/mol. The molecule has 0 aromatic carbocycles. The fourth-order valence-corrected chi connectivity index (χ4v) is 3.56. The molecule has 0 radical (unpaired) electrons. The number of hydrogen-bond acceptors (Lipinski definition) is 5. The molecule has 1 aliphatic rings. The predicted molar refractivity (Wildman–Crippen MR) is 76.2 cm³/mol. The first-order valence-corrected chi connectivity index (χ1v) is 7.20.